The van der Waals surface area contributed by atoms with Gasteiger partial charge in [0.25, 0.3) is 5.91 Å². The predicted molar refractivity (Wildman–Crippen MR) is 125 cm³/mol. The number of amides is 1. The van der Waals surface area contributed by atoms with Crippen molar-refractivity contribution in [3.05, 3.63) is 95.6 Å². The maximum Gasteiger partial charge on any atom is 0.258 e. The Kier molecular flexibility index (Phi) is 5.89. The SMILES string of the molecule is CCc1ccc(C(=O)N2c3ccccc3[C@H](Nc3ccccc3)[C@H](C)[C@H]2CC)cc1. The molecule has 3 heteroatoms. The van der Waals surface area contributed by atoms with Crippen molar-refractivity contribution in [1.82, 2.24) is 0 Å². The highest BCUT2D eigenvalue weighted by atomic mass is 16.2. The summed E-state index contributed by atoms with van der Waals surface area (Å²) in [6, 6.07) is 27.0. The summed E-state index contributed by atoms with van der Waals surface area (Å²) in [6.45, 7) is 6.56. The van der Waals surface area contributed by atoms with E-state index in [4.69, 9.17) is 0 Å². The van der Waals surface area contributed by atoms with Gasteiger partial charge in [-0.05, 0) is 54.3 Å². The van der Waals surface area contributed by atoms with Crippen LogP contribution in [0.5, 0.6) is 0 Å². The lowest BCUT2D eigenvalue weighted by Crippen LogP contribution is -2.50. The van der Waals surface area contributed by atoms with Gasteiger partial charge >= 0.3 is 0 Å². The third-order valence-corrected chi connectivity index (χ3v) is 6.34. The van der Waals surface area contributed by atoms with Gasteiger partial charge in [0.2, 0.25) is 0 Å². The molecule has 4 rings (SSSR count). The molecule has 1 N–H and O–H groups in total. The molecule has 1 amide bonds. The van der Waals surface area contributed by atoms with E-state index in [1.54, 1.807) is 0 Å². The zero-order valence-electron chi connectivity index (χ0n) is 18.0. The van der Waals surface area contributed by atoms with Crippen LogP contribution in [0.1, 0.15) is 54.7 Å². The molecule has 0 aliphatic carbocycles. The number of nitrogens with zero attached hydrogens (tertiary/aromatic N) is 1. The Morgan fingerprint density at radius 1 is 0.900 bits per heavy atom. The van der Waals surface area contributed by atoms with Crippen molar-refractivity contribution in [1.29, 1.82) is 0 Å². The van der Waals surface area contributed by atoms with Gasteiger partial charge in [-0.1, -0.05) is 69.3 Å². The molecule has 3 aromatic rings. The van der Waals surface area contributed by atoms with Crippen LogP contribution in [-0.2, 0) is 6.42 Å². The number of rotatable bonds is 5. The maximum atomic E-state index is 13.6. The summed E-state index contributed by atoms with van der Waals surface area (Å²) in [5.74, 6) is 0.353. The second kappa shape index (κ2) is 8.74. The minimum Gasteiger partial charge on any atom is -0.378 e. The molecule has 1 heterocycles. The van der Waals surface area contributed by atoms with Gasteiger partial charge < -0.3 is 10.2 Å². The standard InChI is InChI=1S/C27H30N2O/c1-4-20-15-17-21(18-16-20)27(30)29-24(5-2)19(3)26(23-13-9-10-14-25(23)29)28-22-11-7-6-8-12-22/h6-19,24,26,28H,4-5H2,1-3H3/t19-,24-,26-/m1/s1. The van der Waals surface area contributed by atoms with Gasteiger partial charge in [-0.25, -0.2) is 0 Å². The maximum absolute atomic E-state index is 13.6. The van der Waals surface area contributed by atoms with Crippen molar-refractivity contribution in [3.8, 4) is 0 Å². The molecule has 0 spiro atoms. The van der Waals surface area contributed by atoms with E-state index in [1.807, 2.05) is 29.2 Å². The van der Waals surface area contributed by atoms with Crippen LogP contribution in [0.25, 0.3) is 0 Å². The van der Waals surface area contributed by atoms with E-state index in [-0.39, 0.29) is 23.9 Å². The molecule has 0 radical (unpaired) electrons. The van der Waals surface area contributed by atoms with Gasteiger partial charge in [-0.3, -0.25) is 4.79 Å². The highest BCUT2D eigenvalue weighted by Crippen LogP contribution is 2.43. The fourth-order valence-electron chi connectivity index (χ4n) is 4.65. The molecule has 1 aliphatic rings. The Labute approximate surface area is 179 Å². The van der Waals surface area contributed by atoms with Crippen LogP contribution in [0.4, 0.5) is 11.4 Å². The van der Waals surface area contributed by atoms with Crippen molar-refractivity contribution < 1.29 is 4.79 Å². The van der Waals surface area contributed by atoms with Crippen LogP contribution in [0, 0.1) is 5.92 Å². The molecule has 0 saturated carbocycles. The largest absolute Gasteiger partial charge is 0.378 e. The highest BCUT2D eigenvalue weighted by molar-refractivity contribution is 6.07. The summed E-state index contributed by atoms with van der Waals surface area (Å²) in [5.41, 5.74) is 5.30. The number of para-hydroxylation sites is 2. The van der Waals surface area contributed by atoms with Gasteiger partial charge in [0.15, 0.2) is 0 Å². The minimum absolute atomic E-state index is 0.0852. The van der Waals surface area contributed by atoms with Crippen molar-refractivity contribution in [2.75, 3.05) is 10.2 Å². The molecule has 30 heavy (non-hydrogen) atoms. The van der Waals surface area contributed by atoms with Crippen LogP contribution >= 0.6 is 0 Å². The Morgan fingerprint density at radius 2 is 1.57 bits per heavy atom. The van der Waals surface area contributed by atoms with Crippen molar-refractivity contribution in [2.24, 2.45) is 5.92 Å². The lowest BCUT2D eigenvalue weighted by atomic mass is 9.80. The molecule has 3 aromatic carbocycles. The van der Waals surface area contributed by atoms with Crippen molar-refractivity contribution in [3.63, 3.8) is 0 Å². The number of anilines is 2. The molecule has 0 aromatic heterocycles. The predicted octanol–water partition coefficient (Wildman–Crippen LogP) is 6.48. The summed E-state index contributed by atoms with van der Waals surface area (Å²) >= 11 is 0. The van der Waals surface area contributed by atoms with Gasteiger partial charge in [0.05, 0.1) is 6.04 Å². The van der Waals surface area contributed by atoms with Gasteiger partial charge in [-0.15, -0.1) is 0 Å². The second-order valence-electron chi connectivity index (χ2n) is 8.11. The molecule has 0 unspecified atom stereocenters. The first-order valence-corrected chi connectivity index (χ1v) is 11.0. The summed E-state index contributed by atoms with van der Waals surface area (Å²) < 4.78 is 0. The molecule has 0 bridgehead atoms. The Morgan fingerprint density at radius 3 is 2.23 bits per heavy atom. The third kappa shape index (κ3) is 3.72. The molecule has 0 fully saturated rings. The lowest BCUT2D eigenvalue weighted by molar-refractivity contribution is 0.0960. The van der Waals surface area contributed by atoms with Crippen LogP contribution in [0.15, 0.2) is 78.9 Å². The Hall–Kier alpha value is -3.07. The minimum atomic E-state index is 0.0852. The van der Waals surface area contributed by atoms with Crippen LogP contribution in [0.2, 0.25) is 0 Å². The lowest BCUT2D eigenvalue weighted by Gasteiger charge is -2.45. The zero-order chi connectivity index (χ0) is 21.1. The zero-order valence-corrected chi connectivity index (χ0v) is 18.0. The smallest absolute Gasteiger partial charge is 0.258 e. The molecule has 0 saturated heterocycles. The molecular weight excluding hydrogens is 368 g/mol. The second-order valence-corrected chi connectivity index (χ2v) is 8.11. The van der Waals surface area contributed by atoms with E-state index in [0.29, 0.717) is 0 Å². The summed E-state index contributed by atoms with van der Waals surface area (Å²) in [7, 11) is 0. The van der Waals surface area contributed by atoms with E-state index < -0.39 is 0 Å². The number of fused-ring (bicyclic) bond motifs is 1. The monoisotopic (exact) mass is 398 g/mol. The van der Waals surface area contributed by atoms with E-state index in [1.165, 1.54) is 11.1 Å². The average Bonchev–Trinajstić information content (AvgIpc) is 2.80. The molecular formula is C27H30N2O. The van der Waals surface area contributed by atoms with Crippen molar-refractivity contribution >= 4 is 17.3 Å². The molecule has 3 atom stereocenters. The molecule has 3 nitrogen and oxygen atoms in total. The number of nitrogens with one attached hydrogen (secondary N) is 1. The van der Waals surface area contributed by atoms with Crippen molar-refractivity contribution in [2.45, 2.75) is 45.7 Å². The van der Waals surface area contributed by atoms with Gasteiger partial charge in [-0.2, -0.15) is 0 Å². The fourth-order valence-corrected chi connectivity index (χ4v) is 4.65. The number of aryl methyl sites for hydroxylation is 1. The fraction of sp³-hybridized carbons (Fsp3) is 0.296. The van der Waals surface area contributed by atoms with E-state index in [2.05, 4.69) is 80.7 Å². The number of carbonyl (C=O) groups excluding carboxylic acids is 1. The first kappa shape index (κ1) is 20.2. The first-order chi connectivity index (χ1) is 14.6. The van der Waals surface area contributed by atoms with Gasteiger partial charge in [0, 0.05) is 28.9 Å². The normalized spacial score (nSPS) is 20.5. The Balaban J connectivity index is 1.74. The van der Waals surface area contributed by atoms with Crippen LogP contribution < -0.4 is 10.2 Å². The number of hydrogen-bond acceptors (Lipinski definition) is 2. The Bertz CT molecular complexity index is 997. The van der Waals surface area contributed by atoms with E-state index >= 15 is 0 Å². The summed E-state index contributed by atoms with van der Waals surface area (Å²) in [5, 5.41) is 3.73. The highest BCUT2D eigenvalue weighted by Gasteiger charge is 2.40. The third-order valence-electron chi connectivity index (χ3n) is 6.34. The number of hydrogen-bond donors (Lipinski definition) is 1. The van der Waals surface area contributed by atoms with E-state index in [0.717, 1.165) is 29.8 Å². The topological polar surface area (TPSA) is 32.3 Å². The quantitative estimate of drug-likeness (QED) is 0.534. The summed E-state index contributed by atoms with van der Waals surface area (Å²) in [4.78, 5) is 15.7. The van der Waals surface area contributed by atoms with E-state index in [9.17, 15) is 4.79 Å². The van der Waals surface area contributed by atoms with Gasteiger partial charge in [0.1, 0.15) is 0 Å². The molecule has 1 aliphatic heterocycles. The summed E-state index contributed by atoms with van der Waals surface area (Å²) in [6.07, 6.45) is 1.88. The first-order valence-electron chi connectivity index (χ1n) is 11.0. The average molecular weight is 399 g/mol. The van der Waals surface area contributed by atoms with Crippen LogP contribution in [-0.4, -0.2) is 11.9 Å². The molecule has 154 valence electrons. The number of carbonyl (C=O) groups is 1. The van der Waals surface area contributed by atoms with Crippen LogP contribution in [0.3, 0.4) is 0 Å². The number of benzene rings is 3.